The zero-order chi connectivity index (χ0) is 13.5. The van der Waals surface area contributed by atoms with Crippen LogP contribution in [-0.4, -0.2) is 12.1 Å². The summed E-state index contributed by atoms with van der Waals surface area (Å²) >= 11 is 4.94. The molecule has 1 aromatic heterocycles. The lowest BCUT2D eigenvalue weighted by molar-refractivity contribution is -0.121. The van der Waals surface area contributed by atoms with E-state index in [4.69, 9.17) is 0 Å². The fourth-order valence-corrected chi connectivity index (χ4v) is 2.82. The average Bonchev–Trinajstić information content (AvgIpc) is 2.83. The number of hydrogen-bond acceptors (Lipinski definition) is 3. The largest absolute Gasteiger partial charge is 0.273 e. The van der Waals surface area contributed by atoms with Gasteiger partial charge in [0.25, 0.3) is 0 Å². The predicted octanol–water partition coefficient (Wildman–Crippen LogP) is 3.59. The highest BCUT2D eigenvalue weighted by Gasteiger charge is 2.00. The number of amides is 1. The molecule has 0 unspecified atom stereocenters. The topological polar surface area (TPSA) is 41.5 Å². The molecule has 0 spiro atoms. The summed E-state index contributed by atoms with van der Waals surface area (Å²) in [4.78, 5) is 12.6. The van der Waals surface area contributed by atoms with E-state index in [0.717, 1.165) is 20.6 Å². The number of halogens is 1. The van der Waals surface area contributed by atoms with Crippen LogP contribution in [0.1, 0.15) is 16.9 Å². The van der Waals surface area contributed by atoms with Gasteiger partial charge in [-0.1, -0.05) is 30.3 Å². The summed E-state index contributed by atoms with van der Waals surface area (Å²) in [6.07, 6.45) is 2.82. The molecular formula is C14H13BrN2OS. The SMILES string of the molecule is O=C(CCc1ccccc1)N/N=C\c1ccc(Br)s1. The van der Waals surface area contributed by atoms with Gasteiger partial charge in [-0.05, 0) is 40.0 Å². The van der Waals surface area contributed by atoms with Crippen LogP contribution in [-0.2, 0) is 11.2 Å². The van der Waals surface area contributed by atoms with Gasteiger partial charge in [0.2, 0.25) is 5.91 Å². The third-order valence-corrected chi connectivity index (χ3v) is 4.02. The molecule has 1 aromatic carbocycles. The first-order chi connectivity index (χ1) is 9.24. The van der Waals surface area contributed by atoms with E-state index in [1.54, 1.807) is 17.6 Å². The number of hydrazone groups is 1. The van der Waals surface area contributed by atoms with Gasteiger partial charge in [0.15, 0.2) is 0 Å². The van der Waals surface area contributed by atoms with Crippen LogP contribution in [0.2, 0.25) is 0 Å². The molecule has 19 heavy (non-hydrogen) atoms. The average molecular weight is 337 g/mol. The highest BCUT2D eigenvalue weighted by molar-refractivity contribution is 9.11. The number of thiophene rings is 1. The predicted molar refractivity (Wildman–Crippen MR) is 82.5 cm³/mol. The van der Waals surface area contributed by atoms with Crippen LogP contribution in [0, 0.1) is 0 Å². The highest BCUT2D eigenvalue weighted by Crippen LogP contribution is 2.20. The van der Waals surface area contributed by atoms with Crippen molar-refractivity contribution in [2.45, 2.75) is 12.8 Å². The van der Waals surface area contributed by atoms with Crippen LogP contribution in [0.25, 0.3) is 0 Å². The van der Waals surface area contributed by atoms with Crippen molar-refractivity contribution in [3.8, 4) is 0 Å². The smallest absolute Gasteiger partial charge is 0.240 e. The molecular weight excluding hydrogens is 324 g/mol. The summed E-state index contributed by atoms with van der Waals surface area (Å²) in [5, 5.41) is 3.93. The zero-order valence-electron chi connectivity index (χ0n) is 10.2. The van der Waals surface area contributed by atoms with Crippen LogP contribution in [0.15, 0.2) is 51.4 Å². The number of aryl methyl sites for hydroxylation is 1. The molecule has 3 nitrogen and oxygen atoms in total. The minimum atomic E-state index is -0.0734. The summed E-state index contributed by atoms with van der Waals surface area (Å²) in [6.45, 7) is 0. The first kappa shape index (κ1) is 14.0. The maximum absolute atomic E-state index is 11.6. The van der Waals surface area contributed by atoms with Crippen molar-refractivity contribution < 1.29 is 4.79 Å². The Hall–Kier alpha value is -1.46. The summed E-state index contributed by atoms with van der Waals surface area (Å²) in [7, 11) is 0. The normalized spacial score (nSPS) is 10.8. The fourth-order valence-electron chi connectivity index (χ4n) is 1.52. The first-order valence-electron chi connectivity index (χ1n) is 5.85. The number of benzene rings is 1. The molecule has 0 atom stereocenters. The second kappa shape index (κ2) is 7.21. The van der Waals surface area contributed by atoms with Crippen molar-refractivity contribution in [2.75, 3.05) is 0 Å². The van der Waals surface area contributed by atoms with Gasteiger partial charge < -0.3 is 0 Å². The van der Waals surface area contributed by atoms with Crippen molar-refractivity contribution in [3.63, 3.8) is 0 Å². The van der Waals surface area contributed by atoms with E-state index in [-0.39, 0.29) is 5.91 Å². The van der Waals surface area contributed by atoms with E-state index in [1.807, 2.05) is 42.5 Å². The number of carbonyl (C=O) groups excluding carboxylic acids is 1. The highest BCUT2D eigenvalue weighted by atomic mass is 79.9. The van der Waals surface area contributed by atoms with Gasteiger partial charge in [-0.2, -0.15) is 5.10 Å². The quantitative estimate of drug-likeness (QED) is 0.657. The van der Waals surface area contributed by atoms with Crippen LogP contribution in [0.3, 0.4) is 0 Å². The maximum atomic E-state index is 11.6. The standard InChI is InChI=1S/C14H13BrN2OS/c15-13-8-7-12(19-13)10-16-17-14(18)9-6-11-4-2-1-3-5-11/h1-5,7-8,10H,6,9H2,(H,17,18)/b16-10-. The lowest BCUT2D eigenvalue weighted by Crippen LogP contribution is -2.17. The van der Waals surface area contributed by atoms with Crippen LogP contribution < -0.4 is 5.43 Å². The van der Waals surface area contributed by atoms with E-state index in [0.29, 0.717) is 6.42 Å². The van der Waals surface area contributed by atoms with E-state index >= 15 is 0 Å². The third-order valence-electron chi connectivity index (χ3n) is 2.46. The molecule has 0 radical (unpaired) electrons. The van der Waals surface area contributed by atoms with Gasteiger partial charge in [0, 0.05) is 11.3 Å². The zero-order valence-corrected chi connectivity index (χ0v) is 12.6. The molecule has 5 heteroatoms. The molecule has 1 heterocycles. The Morgan fingerprint density at radius 3 is 2.74 bits per heavy atom. The Labute approximate surface area is 124 Å². The molecule has 1 N–H and O–H groups in total. The molecule has 0 aliphatic carbocycles. The van der Waals surface area contributed by atoms with Crippen molar-refractivity contribution in [2.24, 2.45) is 5.10 Å². The van der Waals surface area contributed by atoms with E-state index < -0.39 is 0 Å². The van der Waals surface area contributed by atoms with Gasteiger partial charge >= 0.3 is 0 Å². The van der Waals surface area contributed by atoms with Gasteiger partial charge in [-0.3, -0.25) is 4.79 Å². The minimum absolute atomic E-state index is 0.0734. The van der Waals surface area contributed by atoms with Gasteiger partial charge in [-0.25, -0.2) is 5.43 Å². The molecule has 0 bridgehead atoms. The summed E-state index contributed by atoms with van der Waals surface area (Å²) < 4.78 is 1.05. The lowest BCUT2D eigenvalue weighted by Gasteiger charge is -2.00. The Bertz CT molecular complexity index is 566. The second-order valence-corrected chi connectivity index (χ2v) is 6.42. The number of nitrogens with zero attached hydrogens (tertiary/aromatic N) is 1. The number of nitrogens with one attached hydrogen (secondary N) is 1. The second-order valence-electron chi connectivity index (χ2n) is 3.92. The monoisotopic (exact) mass is 336 g/mol. The van der Waals surface area contributed by atoms with Gasteiger partial charge in [-0.15, -0.1) is 11.3 Å². The molecule has 0 fully saturated rings. The Morgan fingerprint density at radius 2 is 2.05 bits per heavy atom. The lowest BCUT2D eigenvalue weighted by atomic mass is 10.1. The van der Waals surface area contributed by atoms with Crippen LogP contribution in [0.4, 0.5) is 0 Å². The van der Waals surface area contributed by atoms with E-state index in [9.17, 15) is 4.79 Å². The van der Waals surface area contributed by atoms with Gasteiger partial charge in [0.1, 0.15) is 0 Å². The Morgan fingerprint density at radius 1 is 1.26 bits per heavy atom. The fraction of sp³-hybridized carbons (Fsp3) is 0.143. The Balaban J connectivity index is 1.74. The number of hydrogen-bond donors (Lipinski definition) is 1. The van der Waals surface area contributed by atoms with Crippen molar-refractivity contribution in [1.82, 2.24) is 5.43 Å². The van der Waals surface area contributed by atoms with Crippen molar-refractivity contribution in [1.29, 1.82) is 0 Å². The molecule has 98 valence electrons. The van der Waals surface area contributed by atoms with Crippen LogP contribution >= 0.6 is 27.3 Å². The molecule has 0 aliphatic heterocycles. The van der Waals surface area contributed by atoms with Gasteiger partial charge in [0.05, 0.1) is 10.0 Å². The minimum Gasteiger partial charge on any atom is -0.273 e. The molecule has 0 aliphatic rings. The summed E-state index contributed by atoms with van der Waals surface area (Å²) in [6, 6.07) is 13.8. The van der Waals surface area contributed by atoms with Crippen LogP contribution in [0.5, 0.6) is 0 Å². The van der Waals surface area contributed by atoms with E-state index in [2.05, 4.69) is 26.5 Å². The first-order valence-corrected chi connectivity index (χ1v) is 7.46. The molecule has 0 saturated heterocycles. The molecule has 2 rings (SSSR count). The molecule has 2 aromatic rings. The van der Waals surface area contributed by atoms with Crippen molar-refractivity contribution >= 4 is 39.4 Å². The third kappa shape index (κ3) is 4.96. The van der Waals surface area contributed by atoms with E-state index in [1.165, 1.54) is 0 Å². The molecule has 1 amide bonds. The van der Waals surface area contributed by atoms with Crippen molar-refractivity contribution in [3.05, 3.63) is 56.7 Å². The number of rotatable bonds is 5. The molecule has 0 saturated carbocycles. The summed E-state index contributed by atoms with van der Waals surface area (Å²) in [5.74, 6) is -0.0734. The Kier molecular flexibility index (Phi) is 5.30. The summed E-state index contributed by atoms with van der Waals surface area (Å²) in [5.41, 5.74) is 3.69. The maximum Gasteiger partial charge on any atom is 0.240 e. The number of carbonyl (C=O) groups is 1.